The highest BCUT2D eigenvalue weighted by atomic mass is 19.1. The number of para-hydroxylation sites is 1. The van der Waals surface area contributed by atoms with Crippen LogP contribution in [-0.4, -0.2) is 45.4 Å². The number of hydrogen-bond donors (Lipinski definition) is 0. The van der Waals surface area contributed by atoms with Crippen LogP contribution in [0.3, 0.4) is 0 Å². The van der Waals surface area contributed by atoms with E-state index in [1.54, 1.807) is 17.0 Å². The Hall–Kier alpha value is -3.19. The molecular formula is C25H29FN4O2. The molecule has 6 nitrogen and oxygen atoms in total. The van der Waals surface area contributed by atoms with E-state index in [9.17, 15) is 9.18 Å². The third kappa shape index (κ3) is 4.67. The van der Waals surface area contributed by atoms with Crippen molar-refractivity contribution in [2.24, 2.45) is 0 Å². The molecule has 1 amide bonds. The van der Waals surface area contributed by atoms with E-state index < -0.39 is 0 Å². The summed E-state index contributed by atoms with van der Waals surface area (Å²) in [6, 6.07) is 16.8. The van der Waals surface area contributed by atoms with Crippen molar-refractivity contribution in [3.8, 4) is 5.69 Å². The van der Waals surface area contributed by atoms with Crippen LogP contribution in [0.15, 0.2) is 54.6 Å². The van der Waals surface area contributed by atoms with Gasteiger partial charge in [-0.1, -0.05) is 30.3 Å². The van der Waals surface area contributed by atoms with Gasteiger partial charge in [0.1, 0.15) is 5.82 Å². The molecule has 1 aromatic heterocycles. The zero-order valence-corrected chi connectivity index (χ0v) is 18.8. The zero-order valence-electron chi connectivity index (χ0n) is 18.8. The van der Waals surface area contributed by atoms with Crippen LogP contribution in [0.1, 0.15) is 36.4 Å². The molecule has 2 aromatic carbocycles. The van der Waals surface area contributed by atoms with E-state index >= 15 is 0 Å². The number of rotatable bonds is 6. The van der Waals surface area contributed by atoms with Crippen molar-refractivity contribution >= 4 is 6.09 Å². The van der Waals surface area contributed by atoms with Crippen molar-refractivity contribution in [3.63, 3.8) is 0 Å². The Morgan fingerprint density at radius 1 is 1.19 bits per heavy atom. The van der Waals surface area contributed by atoms with Crippen molar-refractivity contribution in [3.05, 3.63) is 82.9 Å². The lowest BCUT2D eigenvalue weighted by atomic mass is 10.0. The maximum atomic E-state index is 13.7. The van der Waals surface area contributed by atoms with Crippen LogP contribution in [0.5, 0.6) is 0 Å². The molecule has 0 N–H and O–H groups in total. The van der Waals surface area contributed by atoms with E-state index in [1.807, 2.05) is 54.9 Å². The van der Waals surface area contributed by atoms with Crippen LogP contribution in [0.2, 0.25) is 0 Å². The molecule has 3 aromatic rings. The molecule has 0 radical (unpaired) electrons. The lowest BCUT2D eigenvalue weighted by molar-refractivity contribution is 0.107. The van der Waals surface area contributed by atoms with E-state index in [0.717, 1.165) is 41.2 Å². The average Bonchev–Trinajstić information content (AvgIpc) is 3.15. The van der Waals surface area contributed by atoms with Crippen molar-refractivity contribution in [2.75, 3.05) is 13.7 Å². The molecule has 0 aliphatic carbocycles. The first-order valence-electron chi connectivity index (χ1n) is 10.9. The minimum Gasteiger partial charge on any atom is -0.453 e. The maximum absolute atomic E-state index is 13.7. The van der Waals surface area contributed by atoms with Gasteiger partial charge in [0.2, 0.25) is 0 Å². The van der Waals surface area contributed by atoms with Gasteiger partial charge >= 0.3 is 6.09 Å². The van der Waals surface area contributed by atoms with Gasteiger partial charge in [-0.05, 0) is 43.7 Å². The topological polar surface area (TPSA) is 50.6 Å². The molecule has 1 aliphatic heterocycles. The molecule has 7 heteroatoms. The number of benzene rings is 2. The van der Waals surface area contributed by atoms with E-state index in [2.05, 4.69) is 4.90 Å². The molecule has 0 spiro atoms. The summed E-state index contributed by atoms with van der Waals surface area (Å²) in [5.74, 6) is -0.219. The molecule has 4 rings (SSSR count). The SMILES string of the molecule is COC(=O)N(Cc1nn(-c2ccccc2)c2c1CN(Cc1cccc(F)c1)CC2)C(C)C. The summed E-state index contributed by atoms with van der Waals surface area (Å²) >= 11 is 0. The van der Waals surface area contributed by atoms with Crippen LogP contribution in [-0.2, 0) is 30.8 Å². The number of halogens is 1. The van der Waals surface area contributed by atoms with Gasteiger partial charge in [-0.2, -0.15) is 5.10 Å². The highest BCUT2D eigenvalue weighted by Gasteiger charge is 2.28. The Kier molecular flexibility index (Phi) is 6.55. The number of ether oxygens (including phenoxy) is 1. The molecule has 0 saturated carbocycles. The van der Waals surface area contributed by atoms with Gasteiger partial charge in [0, 0.05) is 37.7 Å². The van der Waals surface area contributed by atoms with Crippen LogP contribution in [0.4, 0.5) is 9.18 Å². The lowest BCUT2D eigenvalue weighted by Crippen LogP contribution is -2.37. The molecule has 0 saturated heterocycles. The number of fused-ring (bicyclic) bond motifs is 1. The van der Waals surface area contributed by atoms with Crippen LogP contribution in [0.25, 0.3) is 5.69 Å². The van der Waals surface area contributed by atoms with Gasteiger partial charge in [0.15, 0.2) is 0 Å². The summed E-state index contributed by atoms with van der Waals surface area (Å²) in [4.78, 5) is 16.3. The second kappa shape index (κ2) is 9.53. The fourth-order valence-corrected chi connectivity index (χ4v) is 4.22. The molecule has 0 atom stereocenters. The molecule has 0 bridgehead atoms. The smallest absolute Gasteiger partial charge is 0.410 e. The maximum Gasteiger partial charge on any atom is 0.410 e. The zero-order chi connectivity index (χ0) is 22.7. The van der Waals surface area contributed by atoms with Crippen molar-refractivity contribution in [2.45, 2.75) is 45.9 Å². The molecule has 0 unspecified atom stereocenters. The van der Waals surface area contributed by atoms with Gasteiger partial charge in [-0.3, -0.25) is 9.80 Å². The number of hydrogen-bond acceptors (Lipinski definition) is 4. The first-order chi connectivity index (χ1) is 15.5. The van der Waals surface area contributed by atoms with Crippen molar-refractivity contribution in [1.82, 2.24) is 19.6 Å². The second-order valence-corrected chi connectivity index (χ2v) is 8.40. The van der Waals surface area contributed by atoms with Crippen LogP contribution in [0, 0.1) is 5.82 Å². The minimum absolute atomic E-state index is 0.0213. The third-order valence-electron chi connectivity index (χ3n) is 5.87. The van der Waals surface area contributed by atoms with Gasteiger partial charge in [-0.15, -0.1) is 0 Å². The normalized spacial score (nSPS) is 13.8. The van der Waals surface area contributed by atoms with E-state index in [0.29, 0.717) is 19.6 Å². The molecule has 32 heavy (non-hydrogen) atoms. The molecule has 1 aliphatic rings. The second-order valence-electron chi connectivity index (χ2n) is 8.40. The minimum atomic E-state index is -0.365. The monoisotopic (exact) mass is 436 g/mol. The van der Waals surface area contributed by atoms with Gasteiger partial charge < -0.3 is 4.74 Å². The van der Waals surface area contributed by atoms with Gasteiger partial charge in [0.05, 0.1) is 30.7 Å². The summed E-state index contributed by atoms with van der Waals surface area (Å²) in [6.07, 6.45) is 0.461. The summed E-state index contributed by atoms with van der Waals surface area (Å²) < 4.78 is 20.7. The highest BCUT2D eigenvalue weighted by Crippen LogP contribution is 2.28. The quantitative estimate of drug-likeness (QED) is 0.569. The Labute approximate surface area is 188 Å². The summed E-state index contributed by atoms with van der Waals surface area (Å²) in [5.41, 5.74) is 5.11. The van der Waals surface area contributed by atoms with E-state index in [1.165, 1.54) is 13.2 Å². The third-order valence-corrected chi connectivity index (χ3v) is 5.87. The van der Waals surface area contributed by atoms with Crippen molar-refractivity contribution < 1.29 is 13.9 Å². The fraction of sp³-hybridized carbons (Fsp3) is 0.360. The van der Waals surface area contributed by atoms with Crippen LogP contribution >= 0.6 is 0 Å². The Morgan fingerprint density at radius 3 is 2.66 bits per heavy atom. The molecule has 2 heterocycles. The van der Waals surface area contributed by atoms with Crippen molar-refractivity contribution in [1.29, 1.82) is 0 Å². The summed E-state index contributed by atoms with van der Waals surface area (Å²) in [5, 5.41) is 4.94. The van der Waals surface area contributed by atoms with Gasteiger partial charge in [0.25, 0.3) is 0 Å². The average molecular weight is 437 g/mol. The standard InChI is InChI=1S/C25H29FN4O2/c1-18(2)29(25(31)32-3)17-23-22-16-28(15-19-8-7-9-20(26)14-19)13-12-24(22)30(27-23)21-10-5-4-6-11-21/h4-11,14,18H,12-13,15-17H2,1-3H3. The molecule has 168 valence electrons. The fourth-order valence-electron chi connectivity index (χ4n) is 4.22. The summed E-state index contributed by atoms with van der Waals surface area (Å²) in [7, 11) is 1.40. The number of nitrogens with zero attached hydrogens (tertiary/aromatic N) is 4. The first-order valence-corrected chi connectivity index (χ1v) is 10.9. The number of amides is 1. The number of carbonyl (C=O) groups is 1. The Balaban J connectivity index is 1.67. The summed E-state index contributed by atoms with van der Waals surface area (Å²) in [6.45, 7) is 6.52. The molecule has 0 fully saturated rings. The van der Waals surface area contributed by atoms with Gasteiger partial charge in [-0.25, -0.2) is 13.9 Å². The highest BCUT2D eigenvalue weighted by molar-refractivity contribution is 5.67. The predicted octanol–water partition coefficient (Wildman–Crippen LogP) is 4.55. The predicted molar refractivity (Wildman–Crippen MR) is 121 cm³/mol. The first kappa shape index (κ1) is 22.0. The van der Waals surface area contributed by atoms with Crippen LogP contribution < -0.4 is 0 Å². The number of carbonyl (C=O) groups excluding carboxylic acids is 1. The van der Waals surface area contributed by atoms with E-state index in [4.69, 9.17) is 9.84 Å². The number of aromatic nitrogens is 2. The molecular weight excluding hydrogens is 407 g/mol. The largest absolute Gasteiger partial charge is 0.453 e. The number of methoxy groups -OCH3 is 1. The Bertz CT molecular complexity index is 1080. The lowest BCUT2D eigenvalue weighted by Gasteiger charge is -2.29. The Morgan fingerprint density at radius 2 is 1.97 bits per heavy atom. The van der Waals surface area contributed by atoms with E-state index in [-0.39, 0.29) is 18.0 Å².